The third-order valence-corrected chi connectivity index (χ3v) is 3.57. The van der Waals surface area contributed by atoms with E-state index in [2.05, 4.69) is 4.90 Å². The van der Waals surface area contributed by atoms with Gasteiger partial charge in [0.1, 0.15) is 5.82 Å². The van der Waals surface area contributed by atoms with Gasteiger partial charge in [0.15, 0.2) is 0 Å². The molecular formula is C16H16N2O2. The van der Waals surface area contributed by atoms with Gasteiger partial charge in [-0.3, -0.25) is 0 Å². The van der Waals surface area contributed by atoms with Gasteiger partial charge >= 0.3 is 5.97 Å². The zero-order valence-corrected chi connectivity index (χ0v) is 11.3. The standard InChI is InChI=1S/C16H16N2O2/c1-18(13-7-8-13)16-12(6-9-15(19)20)10-11-4-2-3-5-14(11)17-16/h2-6,9-10,13H,7-8H2,1H3,(H,19,20)/b9-6+. The summed E-state index contributed by atoms with van der Waals surface area (Å²) in [5.74, 6) is -0.0955. The first-order chi connectivity index (χ1) is 9.65. The van der Waals surface area contributed by atoms with Gasteiger partial charge in [0.25, 0.3) is 0 Å². The summed E-state index contributed by atoms with van der Waals surface area (Å²) in [6, 6.07) is 10.4. The predicted molar refractivity (Wildman–Crippen MR) is 79.8 cm³/mol. The van der Waals surface area contributed by atoms with Gasteiger partial charge in [0, 0.05) is 30.1 Å². The van der Waals surface area contributed by atoms with Gasteiger partial charge in [0.05, 0.1) is 5.52 Å². The van der Waals surface area contributed by atoms with Crippen molar-refractivity contribution in [3.8, 4) is 0 Å². The third kappa shape index (κ3) is 2.50. The molecule has 3 rings (SSSR count). The van der Waals surface area contributed by atoms with Crippen molar-refractivity contribution in [3.05, 3.63) is 42.0 Å². The molecule has 1 aromatic heterocycles. The maximum atomic E-state index is 10.7. The van der Waals surface area contributed by atoms with Crippen molar-refractivity contribution in [2.75, 3.05) is 11.9 Å². The van der Waals surface area contributed by atoms with Crippen LogP contribution in [0.25, 0.3) is 17.0 Å². The van der Waals surface area contributed by atoms with Crippen LogP contribution in [0.15, 0.2) is 36.4 Å². The number of carboxylic acid groups (broad SMARTS) is 1. The van der Waals surface area contributed by atoms with Crippen molar-refractivity contribution in [2.45, 2.75) is 18.9 Å². The molecule has 0 radical (unpaired) electrons. The molecule has 102 valence electrons. The monoisotopic (exact) mass is 268 g/mol. The summed E-state index contributed by atoms with van der Waals surface area (Å²) in [4.78, 5) is 17.6. The van der Waals surface area contributed by atoms with Gasteiger partial charge in [-0.05, 0) is 31.1 Å². The molecule has 20 heavy (non-hydrogen) atoms. The van der Waals surface area contributed by atoms with E-state index in [1.807, 2.05) is 37.4 Å². The van der Waals surface area contributed by atoms with E-state index in [4.69, 9.17) is 10.1 Å². The lowest BCUT2D eigenvalue weighted by Gasteiger charge is -2.20. The van der Waals surface area contributed by atoms with Crippen molar-refractivity contribution >= 4 is 28.8 Å². The van der Waals surface area contributed by atoms with Crippen molar-refractivity contribution in [2.24, 2.45) is 0 Å². The SMILES string of the molecule is CN(c1nc2ccccc2cc1/C=C/C(=O)O)C1CC1. The van der Waals surface area contributed by atoms with E-state index in [9.17, 15) is 4.79 Å². The maximum absolute atomic E-state index is 10.7. The summed E-state index contributed by atoms with van der Waals surface area (Å²) in [6.07, 6.45) is 5.13. The summed E-state index contributed by atoms with van der Waals surface area (Å²) in [6.45, 7) is 0. The number of benzene rings is 1. The molecule has 1 saturated carbocycles. The summed E-state index contributed by atoms with van der Waals surface area (Å²) >= 11 is 0. The molecular weight excluding hydrogens is 252 g/mol. The molecule has 0 unspecified atom stereocenters. The Kier molecular flexibility index (Phi) is 3.14. The summed E-state index contributed by atoms with van der Waals surface area (Å²) in [7, 11) is 2.02. The van der Waals surface area contributed by atoms with Crippen LogP contribution in [0.5, 0.6) is 0 Å². The Morgan fingerprint density at radius 3 is 2.85 bits per heavy atom. The number of pyridine rings is 1. The van der Waals surface area contributed by atoms with Crippen LogP contribution >= 0.6 is 0 Å². The first-order valence-corrected chi connectivity index (χ1v) is 6.69. The highest BCUT2D eigenvalue weighted by atomic mass is 16.4. The van der Waals surface area contributed by atoms with E-state index in [-0.39, 0.29) is 0 Å². The Bertz CT molecular complexity index is 690. The fraction of sp³-hybridized carbons (Fsp3) is 0.250. The van der Waals surface area contributed by atoms with Crippen LogP contribution in [0.3, 0.4) is 0 Å². The van der Waals surface area contributed by atoms with E-state index in [1.165, 1.54) is 12.8 Å². The maximum Gasteiger partial charge on any atom is 0.328 e. The normalized spacial score (nSPS) is 14.8. The quantitative estimate of drug-likeness (QED) is 0.866. The lowest BCUT2D eigenvalue weighted by atomic mass is 10.1. The minimum Gasteiger partial charge on any atom is -0.478 e. The Morgan fingerprint density at radius 1 is 1.40 bits per heavy atom. The first kappa shape index (κ1) is 12.7. The molecule has 1 aliphatic rings. The average molecular weight is 268 g/mol. The molecule has 2 aromatic rings. The second-order valence-corrected chi connectivity index (χ2v) is 5.11. The number of anilines is 1. The largest absolute Gasteiger partial charge is 0.478 e. The van der Waals surface area contributed by atoms with Crippen molar-refractivity contribution in [1.82, 2.24) is 4.98 Å². The molecule has 0 spiro atoms. The van der Waals surface area contributed by atoms with Crippen LogP contribution < -0.4 is 4.90 Å². The van der Waals surface area contributed by atoms with Gasteiger partial charge in [-0.2, -0.15) is 0 Å². The van der Waals surface area contributed by atoms with Crippen LogP contribution in [0.4, 0.5) is 5.82 Å². The second-order valence-electron chi connectivity index (χ2n) is 5.11. The highest BCUT2D eigenvalue weighted by Crippen LogP contribution is 2.33. The number of fused-ring (bicyclic) bond motifs is 1. The van der Waals surface area contributed by atoms with Gasteiger partial charge < -0.3 is 10.0 Å². The van der Waals surface area contributed by atoms with E-state index >= 15 is 0 Å². The van der Waals surface area contributed by atoms with Gasteiger partial charge in [-0.25, -0.2) is 9.78 Å². The lowest BCUT2D eigenvalue weighted by molar-refractivity contribution is -0.131. The number of carbonyl (C=O) groups is 1. The first-order valence-electron chi connectivity index (χ1n) is 6.69. The fourth-order valence-corrected chi connectivity index (χ4v) is 2.32. The number of nitrogens with zero attached hydrogens (tertiary/aromatic N) is 2. The number of aliphatic carboxylic acids is 1. The number of aromatic nitrogens is 1. The molecule has 4 nitrogen and oxygen atoms in total. The zero-order chi connectivity index (χ0) is 14.1. The molecule has 1 aromatic carbocycles. The number of hydrogen-bond acceptors (Lipinski definition) is 3. The topological polar surface area (TPSA) is 53.4 Å². The van der Waals surface area contributed by atoms with Gasteiger partial charge in [0.2, 0.25) is 0 Å². The van der Waals surface area contributed by atoms with Crippen LogP contribution in [0, 0.1) is 0 Å². The van der Waals surface area contributed by atoms with Gasteiger partial charge in [-0.1, -0.05) is 18.2 Å². The zero-order valence-electron chi connectivity index (χ0n) is 11.3. The summed E-state index contributed by atoms with van der Waals surface area (Å²) in [5, 5.41) is 9.84. The molecule has 0 aliphatic heterocycles. The van der Waals surface area contributed by atoms with Crippen molar-refractivity contribution in [3.63, 3.8) is 0 Å². The lowest BCUT2D eigenvalue weighted by Crippen LogP contribution is -2.21. The predicted octanol–water partition coefficient (Wildman–Crippen LogP) is 2.93. The minimum absolute atomic E-state index is 0.528. The van der Waals surface area contributed by atoms with Crippen LogP contribution in [0.1, 0.15) is 18.4 Å². The second kappa shape index (κ2) is 4.96. The Hall–Kier alpha value is -2.36. The van der Waals surface area contributed by atoms with Crippen LogP contribution in [-0.2, 0) is 4.79 Å². The Labute approximate surface area is 117 Å². The molecule has 0 atom stereocenters. The minimum atomic E-state index is -0.946. The molecule has 0 saturated heterocycles. The fourth-order valence-electron chi connectivity index (χ4n) is 2.32. The Balaban J connectivity index is 2.12. The highest BCUT2D eigenvalue weighted by molar-refractivity contribution is 5.90. The van der Waals surface area contributed by atoms with Crippen molar-refractivity contribution in [1.29, 1.82) is 0 Å². The average Bonchev–Trinajstić information content (AvgIpc) is 3.27. The molecule has 1 N–H and O–H groups in total. The van der Waals surface area contributed by atoms with E-state index in [0.717, 1.165) is 28.4 Å². The molecule has 1 heterocycles. The third-order valence-electron chi connectivity index (χ3n) is 3.57. The molecule has 4 heteroatoms. The van der Waals surface area contributed by atoms with Crippen molar-refractivity contribution < 1.29 is 9.90 Å². The smallest absolute Gasteiger partial charge is 0.328 e. The molecule has 1 fully saturated rings. The number of para-hydroxylation sites is 1. The molecule has 1 aliphatic carbocycles. The number of rotatable bonds is 4. The van der Waals surface area contributed by atoms with Crippen LogP contribution in [0.2, 0.25) is 0 Å². The summed E-state index contributed by atoms with van der Waals surface area (Å²) in [5.41, 5.74) is 1.78. The number of carboxylic acids is 1. The van der Waals surface area contributed by atoms with Gasteiger partial charge in [-0.15, -0.1) is 0 Å². The van der Waals surface area contributed by atoms with E-state index < -0.39 is 5.97 Å². The number of hydrogen-bond donors (Lipinski definition) is 1. The Morgan fingerprint density at radius 2 is 2.15 bits per heavy atom. The summed E-state index contributed by atoms with van der Waals surface area (Å²) < 4.78 is 0. The van der Waals surface area contributed by atoms with Crippen LogP contribution in [-0.4, -0.2) is 29.1 Å². The molecule has 0 bridgehead atoms. The highest BCUT2D eigenvalue weighted by Gasteiger charge is 2.28. The molecule has 0 amide bonds. The van der Waals surface area contributed by atoms with E-state index in [0.29, 0.717) is 6.04 Å². The van der Waals surface area contributed by atoms with E-state index in [1.54, 1.807) is 6.08 Å².